The minimum absolute atomic E-state index is 0.127. The van der Waals surface area contributed by atoms with E-state index in [9.17, 15) is 9.59 Å². The van der Waals surface area contributed by atoms with Crippen molar-refractivity contribution < 1.29 is 9.21 Å². The van der Waals surface area contributed by atoms with Crippen LogP contribution in [-0.4, -0.2) is 21.2 Å². The number of fused-ring (bicyclic) bond motifs is 1. The molecule has 0 saturated heterocycles. The summed E-state index contributed by atoms with van der Waals surface area (Å²) in [6.07, 6.45) is 1.58. The lowest BCUT2D eigenvalue weighted by atomic mass is 10.2. The minimum atomic E-state index is -0.239. The van der Waals surface area contributed by atoms with Gasteiger partial charge < -0.3 is 9.73 Å². The molecule has 0 aliphatic heterocycles. The third-order valence-electron chi connectivity index (χ3n) is 4.72. The molecule has 30 heavy (non-hydrogen) atoms. The third-order valence-corrected chi connectivity index (χ3v) is 5.66. The van der Waals surface area contributed by atoms with E-state index in [-0.39, 0.29) is 23.3 Å². The van der Waals surface area contributed by atoms with Crippen molar-refractivity contribution in [1.82, 2.24) is 14.9 Å². The Balaban J connectivity index is 1.64. The Morgan fingerprint density at radius 1 is 1.13 bits per heavy atom. The van der Waals surface area contributed by atoms with E-state index >= 15 is 0 Å². The monoisotopic (exact) mass is 419 g/mol. The number of aryl methyl sites for hydroxylation is 1. The predicted molar refractivity (Wildman–Crippen MR) is 118 cm³/mol. The summed E-state index contributed by atoms with van der Waals surface area (Å²) in [5.74, 6) is 0.650. The van der Waals surface area contributed by atoms with E-state index in [0.29, 0.717) is 21.8 Å². The number of carbonyl (C=O) groups excluding carboxylic acids is 1. The zero-order chi connectivity index (χ0) is 21.1. The van der Waals surface area contributed by atoms with Gasteiger partial charge in [-0.2, -0.15) is 0 Å². The zero-order valence-electron chi connectivity index (χ0n) is 16.7. The van der Waals surface area contributed by atoms with Gasteiger partial charge in [0.25, 0.3) is 5.56 Å². The van der Waals surface area contributed by atoms with Crippen LogP contribution in [0.1, 0.15) is 24.3 Å². The number of benzene rings is 2. The molecule has 0 fully saturated rings. The topological polar surface area (TPSA) is 77.1 Å². The molecule has 4 rings (SSSR count). The van der Waals surface area contributed by atoms with Crippen molar-refractivity contribution in [2.24, 2.45) is 0 Å². The van der Waals surface area contributed by atoms with Gasteiger partial charge in [-0.15, -0.1) is 0 Å². The van der Waals surface area contributed by atoms with Crippen LogP contribution in [0.2, 0.25) is 0 Å². The normalized spacial score (nSPS) is 12.1. The van der Waals surface area contributed by atoms with Crippen LogP contribution in [0, 0.1) is 6.92 Å². The molecule has 0 aliphatic rings. The quantitative estimate of drug-likeness (QED) is 0.373. The lowest BCUT2D eigenvalue weighted by Crippen LogP contribution is -2.28. The summed E-state index contributed by atoms with van der Waals surface area (Å²) in [5, 5.41) is 3.92. The molecule has 1 amide bonds. The van der Waals surface area contributed by atoms with Crippen LogP contribution in [0.3, 0.4) is 0 Å². The molecule has 0 aliphatic carbocycles. The number of carbonyl (C=O) groups is 1. The van der Waals surface area contributed by atoms with Gasteiger partial charge in [-0.1, -0.05) is 41.6 Å². The largest absolute Gasteiger partial charge is 0.467 e. The second kappa shape index (κ2) is 8.59. The van der Waals surface area contributed by atoms with Gasteiger partial charge in [0.15, 0.2) is 5.16 Å². The average molecular weight is 420 g/mol. The number of thioether (sulfide) groups is 1. The molecule has 2 heterocycles. The lowest BCUT2D eigenvalue weighted by Gasteiger charge is -2.14. The van der Waals surface area contributed by atoms with Crippen molar-refractivity contribution in [3.05, 3.63) is 88.6 Å². The second-order valence-corrected chi connectivity index (χ2v) is 7.92. The molecule has 0 radical (unpaired) electrons. The van der Waals surface area contributed by atoms with Gasteiger partial charge in [0.1, 0.15) is 5.76 Å². The van der Waals surface area contributed by atoms with Crippen molar-refractivity contribution in [2.45, 2.75) is 25.0 Å². The fourth-order valence-corrected chi connectivity index (χ4v) is 3.98. The Kier molecular flexibility index (Phi) is 5.72. The SMILES string of the molecule is Cc1ccc(-n2c(SCC(=O)N[C@H](C)c3ccco3)nc3ccccc3c2=O)cc1. The number of nitrogens with one attached hydrogen (secondary N) is 1. The van der Waals surface area contributed by atoms with E-state index in [2.05, 4.69) is 10.3 Å². The maximum atomic E-state index is 13.2. The molecule has 0 saturated carbocycles. The average Bonchev–Trinajstić information content (AvgIpc) is 3.28. The molecule has 6 nitrogen and oxygen atoms in total. The zero-order valence-corrected chi connectivity index (χ0v) is 17.5. The third kappa shape index (κ3) is 4.16. The van der Waals surface area contributed by atoms with Gasteiger partial charge in [-0.05, 0) is 50.2 Å². The van der Waals surface area contributed by atoms with Gasteiger partial charge in [-0.3, -0.25) is 14.2 Å². The summed E-state index contributed by atoms with van der Waals surface area (Å²) < 4.78 is 6.90. The first-order valence-corrected chi connectivity index (χ1v) is 10.6. The first-order valence-electron chi connectivity index (χ1n) is 9.57. The van der Waals surface area contributed by atoms with Gasteiger partial charge in [-0.25, -0.2) is 4.98 Å². The maximum absolute atomic E-state index is 13.2. The van der Waals surface area contributed by atoms with Crippen LogP contribution >= 0.6 is 11.8 Å². The highest BCUT2D eigenvalue weighted by molar-refractivity contribution is 7.99. The van der Waals surface area contributed by atoms with Gasteiger partial charge in [0.2, 0.25) is 5.91 Å². The highest BCUT2D eigenvalue weighted by Gasteiger charge is 2.16. The van der Waals surface area contributed by atoms with Crippen LogP contribution in [0.25, 0.3) is 16.6 Å². The molecule has 0 unspecified atom stereocenters. The van der Waals surface area contributed by atoms with E-state index in [1.165, 1.54) is 11.8 Å². The van der Waals surface area contributed by atoms with Gasteiger partial charge >= 0.3 is 0 Å². The number of hydrogen-bond acceptors (Lipinski definition) is 5. The van der Waals surface area contributed by atoms with Crippen molar-refractivity contribution in [2.75, 3.05) is 5.75 Å². The van der Waals surface area contributed by atoms with Crippen LogP contribution < -0.4 is 10.9 Å². The summed E-state index contributed by atoms with van der Waals surface area (Å²) in [6, 6.07) is 18.3. The Labute approximate surface area is 177 Å². The van der Waals surface area contributed by atoms with Crippen LogP contribution in [0.15, 0.2) is 81.3 Å². The molecule has 152 valence electrons. The molecule has 1 N–H and O–H groups in total. The predicted octanol–water partition coefficient (Wildman–Crippen LogP) is 4.26. The number of rotatable bonds is 6. The summed E-state index contributed by atoms with van der Waals surface area (Å²) in [5.41, 5.74) is 2.27. The Morgan fingerprint density at radius 2 is 1.90 bits per heavy atom. The van der Waals surface area contributed by atoms with E-state index < -0.39 is 0 Å². The van der Waals surface area contributed by atoms with Gasteiger partial charge in [0, 0.05) is 0 Å². The fraction of sp³-hybridized carbons (Fsp3) is 0.174. The number of amides is 1. The van der Waals surface area contributed by atoms with Gasteiger partial charge in [0.05, 0.1) is 34.6 Å². The molecule has 7 heteroatoms. The first-order chi connectivity index (χ1) is 14.5. The Morgan fingerprint density at radius 3 is 2.63 bits per heavy atom. The number of para-hydroxylation sites is 1. The van der Waals surface area contributed by atoms with Crippen molar-refractivity contribution in [1.29, 1.82) is 0 Å². The smallest absolute Gasteiger partial charge is 0.266 e. The van der Waals surface area contributed by atoms with E-state index in [0.717, 1.165) is 11.3 Å². The first kappa shape index (κ1) is 20.0. The summed E-state index contributed by atoms with van der Waals surface area (Å²) in [7, 11) is 0. The summed E-state index contributed by atoms with van der Waals surface area (Å²) >= 11 is 1.23. The van der Waals surface area contributed by atoms with E-state index in [4.69, 9.17) is 4.42 Å². The van der Waals surface area contributed by atoms with E-state index in [1.807, 2.05) is 56.3 Å². The molecular weight excluding hydrogens is 398 g/mol. The highest BCUT2D eigenvalue weighted by Crippen LogP contribution is 2.22. The molecule has 1 atom stereocenters. The molecule has 2 aromatic carbocycles. The Hall–Kier alpha value is -3.32. The number of nitrogens with zero attached hydrogens (tertiary/aromatic N) is 2. The van der Waals surface area contributed by atoms with Crippen molar-refractivity contribution in [3.63, 3.8) is 0 Å². The number of hydrogen-bond donors (Lipinski definition) is 1. The number of furan rings is 1. The highest BCUT2D eigenvalue weighted by atomic mass is 32.2. The second-order valence-electron chi connectivity index (χ2n) is 6.98. The lowest BCUT2D eigenvalue weighted by molar-refractivity contribution is -0.119. The standard InChI is InChI=1S/C23H21N3O3S/c1-15-9-11-17(12-10-15)26-22(28)18-6-3-4-7-19(18)25-23(26)30-14-21(27)24-16(2)20-8-5-13-29-20/h3-13,16H,14H2,1-2H3,(H,24,27)/t16-/m1/s1. The van der Waals surface area contributed by atoms with E-state index in [1.54, 1.807) is 29.0 Å². The van der Waals surface area contributed by atoms with Crippen molar-refractivity contribution in [3.8, 4) is 5.69 Å². The van der Waals surface area contributed by atoms with Crippen LogP contribution in [0.4, 0.5) is 0 Å². The maximum Gasteiger partial charge on any atom is 0.266 e. The molecule has 0 spiro atoms. The van der Waals surface area contributed by atoms with Crippen molar-refractivity contribution >= 4 is 28.6 Å². The minimum Gasteiger partial charge on any atom is -0.467 e. The number of aromatic nitrogens is 2. The van der Waals surface area contributed by atoms with Crippen LogP contribution in [-0.2, 0) is 4.79 Å². The Bertz CT molecular complexity index is 1230. The summed E-state index contributed by atoms with van der Waals surface area (Å²) in [6.45, 7) is 3.85. The van der Waals surface area contributed by atoms with Crippen LogP contribution in [0.5, 0.6) is 0 Å². The molecule has 4 aromatic rings. The molecule has 0 bridgehead atoms. The molecular formula is C23H21N3O3S. The fourth-order valence-electron chi connectivity index (χ4n) is 3.15. The summed E-state index contributed by atoms with van der Waals surface area (Å²) in [4.78, 5) is 30.3. The molecule has 2 aromatic heterocycles.